The third kappa shape index (κ3) is 3.08. The molecule has 18 heavy (non-hydrogen) atoms. The molecule has 0 bridgehead atoms. The van der Waals surface area contributed by atoms with E-state index in [2.05, 4.69) is 22.1 Å². The summed E-state index contributed by atoms with van der Waals surface area (Å²) in [5.74, 6) is 6.19. The molecular weight excluding hydrogens is 226 g/mol. The lowest BCUT2D eigenvalue weighted by molar-refractivity contribution is 0.0938. The average molecular weight is 243 g/mol. The Morgan fingerprint density at radius 2 is 2.39 bits per heavy atom. The zero-order chi connectivity index (χ0) is 12.8. The first-order valence-corrected chi connectivity index (χ1v) is 6.22. The van der Waals surface area contributed by atoms with Gasteiger partial charge in [-0.15, -0.1) is 0 Å². The molecule has 2 rings (SSSR count). The average Bonchev–Trinajstić information content (AvgIpc) is 2.34. The van der Waals surface area contributed by atoms with Crippen LogP contribution in [0, 0.1) is 17.8 Å². The normalized spacial score (nSPS) is 14.3. The van der Waals surface area contributed by atoms with Crippen molar-refractivity contribution in [2.45, 2.75) is 19.3 Å². The van der Waals surface area contributed by atoms with Crippen LogP contribution in [0.5, 0.6) is 0 Å². The van der Waals surface area contributed by atoms with Crippen molar-refractivity contribution in [2.75, 3.05) is 13.1 Å². The summed E-state index contributed by atoms with van der Waals surface area (Å²) < 4.78 is 0. The first-order chi connectivity index (χ1) is 8.81. The van der Waals surface area contributed by atoms with Crippen LogP contribution in [0.25, 0.3) is 0 Å². The van der Waals surface area contributed by atoms with Crippen LogP contribution in [-0.4, -0.2) is 24.0 Å². The molecule has 1 aromatic heterocycles. The van der Waals surface area contributed by atoms with Crippen LogP contribution in [0.1, 0.15) is 35.2 Å². The number of hydrogen-bond acceptors (Lipinski definition) is 3. The third-order valence-corrected chi connectivity index (χ3v) is 3.17. The van der Waals surface area contributed by atoms with Gasteiger partial charge in [-0.3, -0.25) is 9.78 Å². The monoisotopic (exact) mass is 243 g/mol. The quantitative estimate of drug-likeness (QED) is 0.776. The van der Waals surface area contributed by atoms with Crippen LogP contribution in [0.15, 0.2) is 18.5 Å². The minimum atomic E-state index is -0.0781. The van der Waals surface area contributed by atoms with E-state index in [9.17, 15) is 4.79 Å². The lowest BCUT2D eigenvalue weighted by Gasteiger charge is -2.25. The van der Waals surface area contributed by atoms with E-state index in [0.29, 0.717) is 17.0 Å². The van der Waals surface area contributed by atoms with Gasteiger partial charge in [-0.05, 0) is 24.8 Å². The molecule has 1 fully saturated rings. The van der Waals surface area contributed by atoms with Gasteiger partial charge in [0.1, 0.15) is 0 Å². The summed E-state index contributed by atoms with van der Waals surface area (Å²) in [6.07, 6.45) is 6.92. The maximum absolute atomic E-state index is 12.0. The number of hydrogen-bond donors (Lipinski definition) is 2. The zero-order valence-electron chi connectivity index (χ0n) is 10.3. The first kappa shape index (κ1) is 12.6. The van der Waals surface area contributed by atoms with E-state index in [1.807, 2.05) is 0 Å². The molecule has 94 valence electrons. The molecule has 1 heterocycles. The van der Waals surface area contributed by atoms with E-state index in [0.717, 1.165) is 6.54 Å². The van der Waals surface area contributed by atoms with E-state index in [1.165, 1.54) is 19.3 Å². The molecule has 0 aliphatic heterocycles. The molecule has 0 radical (unpaired) electrons. The van der Waals surface area contributed by atoms with Gasteiger partial charge in [0.05, 0.1) is 17.7 Å². The molecule has 4 nitrogen and oxygen atoms in total. The number of nitrogens with one attached hydrogen (secondary N) is 1. The lowest BCUT2D eigenvalue weighted by Crippen LogP contribution is -2.32. The van der Waals surface area contributed by atoms with Gasteiger partial charge in [0, 0.05) is 18.9 Å². The van der Waals surface area contributed by atoms with Crippen molar-refractivity contribution in [1.82, 2.24) is 10.3 Å². The van der Waals surface area contributed by atoms with Crippen molar-refractivity contribution in [2.24, 2.45) is 11.7 Å². The van der Waals surface area contributed by atoms with E-state index in [4.69, 9.17) is 5.73 Å². The summed E-state index contributed by atoms with van der Waals surface area (Å²) in [5, 5.41) is 2.95. The first-order valence-electron chi connectivity index (χ1n) is 6.22. The van der Waals surface area contributed by atoms with Crippen molar-refractivity contribution < 1.29 is 4.79 Å². The van der Waals surface area contributed by atoms with Gasteiger partial charge < -0.3 is 11.1 Å². The maximum atomic E-state index is 12.0. The Bertz CT molecular complexity index is 483. The smallest absolute Gasteiger partial charge is 0.252 e. The Morgan fingerprint density at radius 1 is 1.56 bits per heavy atom. The highest BCUT2D eigenvalue weighted by molar-refractivity contribution is 5.96. The summed E-state index contributed by atoms with van der Waals surface area (Å²) in [6, 6.07) is 1.69. The number of pyridine rings is 1. The lowest BCUT2D eigenvalue weighted by atomic mass is 9.85. The SMILES string of the molecule is NCC#Cc1cnccc1C(=O)NCC1CCC1. The number of nitrogens with two attached hydrogens (primary N) is 1. The fourth-order valence-electron chi connectivity index (χ4n) is 1.87. The minimum Gasteiger partial charge on any atom is -0.352 e. The Labute approximate surface area is 107 Å². The molecule has 3 N–H and O–H groups in total. The predicted octanol–water partition coefficient (Wildman–Crippen LogP) is 0.922. The minimum absolute atomic E-state index is 0.0781. The van der Waals surface area contributed by atoms with Crippen LogP contribution in [0.4, 0.5) is 0 Å². The largest absolute Gasteiger partial charge is 0.352 e. The second kappa shape index (κ2) is 6.18. The predicted molar refractivity (Wildman–Crippen MR) is 69.8 cm³/mol. The standard InChI is InChI=1S/C14H17N3O/c15-7-2-5-12-10-16-8-6-13(12)14(18)17-9-11-3-1-4-11/h6,8,10-11H,1,3-4,7,9,15H2,(H,17,18). The van der Waals surface area contributed by atoms with Crippen molar-refractivity contribution in [3.05, 3.63) is 29.6 Å². The second-order valence-electron chi connectivity index (χ2n) is 4.43. The Morgan fingerprint density at radius 3 is 3.06 bits per heavy atom. The van der Waals surface area contributed by atoms with E-state index in [1.54, 1.807) is 18.5 Å². The zero-order valence-corrected chi connectivity index (χ0v) is 10.3. The maximum Gasteiger partial charge on any atom is 0.252 e. The molecule has 1 aliphatic carbocycles. The molecule has 1 aliphatic rings. The molecule has 0 unspecified atom stereocenters. The Hall–Kier alpha value is -1.86. The highest BCUT2D eigenvalue weighted by atomic mass is 16.1. The number of rotatable bonds is 3. The fourth-order valence-corrected chi connectivity index (χ4v) is 1.87. The number of nitrogens with zero attached hydrogens (tertiary/aromatic N) is 1. The van der Waals surface area contributed by atoms with E-state index >= 15 is 0 Å². The molecule has 1 saturated carbocycles. The van der Waals surface area contributed by atoms with Crippen molar-refractivity contribution in [1.29, 1.82) is 0 Å². The number of carbonyl (C=O) groups is 1. The van der Waals surface area contributed by atoms with E-state index in [-0.39, 0.29) is 12.5 Å². The van der Waals surface area contributed by atoms with Crippen molar-refractivity contribution in [3.63, 3.8) is 0 Å². The molecule has 4 heteroatoms. The summed E-state index contributed by atoms with van der Waals surface area (Å²) >= 11 is 0. The third-order valence-electron chi connectivity index (χ3n) is 3.17. The van der Waals surface area contributed by atoms with Crippen LogP contribution in [0.3, 0.4) is 0 Å². The highest BCUT2D eigenvalue weighted by Gasteiger charge is 2.18. The van der Waals surface area contributed by atoms with Crippen molar-refractivity contribution >= 4 is 5.91 Å². The van der Waals surface area contributed by atoms with Crippen LogP contribution in [-0.2, 0) is 0 Å². The van der Waals surface area contributed by atoms with E-state index < -0.39 is 0 Å². The molecule has 0 saturated heterocycles. The van der Waals surface area contributed by atoms with Gasteiger partial charge in [-0.1, -0.05) is 18.3 Å². The second-order valence-corrected chi connectivity index (χ2v) is 4.43. The number of aromatic nitrogens is 1. The molecule has 0 spiro atoms. The fraction of sp³-hybridized carbons (Fsp3) is 0.429. The van der Waals surface area contributed by atoms with Crippen LogP contribution < -0.4 is 11.1 Å². The van der Waals surface area contributed by atoms with Gasteiger partial charge >= 0.3 is 0 Å². The summed E-state index contributed by atoms with van der Waals surface area (Å²) in [7, 11) is 0. The van der Waals surface area contributed by atoms with Crippen molar-refractivity contribution in [3.8, 4) is 11.8 Å². The van der Waals surface area contributed by atoms with Gasteiger partial charge in [-0.25, -0.2) is 0 Å². The Kier molecular flexibility index (Phi) is 4.32. The van der Waals surface area contributed by atoms with Gasteiger partial charge in [-0.2, -0.15) is 0 Å². The topological polar surface area (TPSA) is 68.0 Å². The number of amides is 1. The molecule has 1 amide bonds. The molecular formula is C14H17N3O. The Balaban J connectivity index is 2.03. The molecule has 0 aromatic carbocycles. The van der Waals surface area contributed by atoms with Crippen LogP contribution in [0.2, 0.25) is 0 Å². The highest BCUT2D eigenvalue weighted by Crippen LogP contribution is 2.25. The van der Waals surface area contributed by atoms with Gasteiger partial charge in [0.25, 0.3) is 5.91 Å². The summed E-state index contributed by atoms with van der Waals surface area (Å²) in [6.45, 7) is 1.03. The summed E-state index contributed by atoms with van der Waals surface area (Å²) in [4.78, 5) is 16.0. The molecule has 0 atom stereocenters. The molecule has 1 aromatic rings. The summed E-state index contributed by atoms with van der Waals surface area (Å²) in [5.41, 5.74) is 6.54. The van der Waals surface area contributed by atoms with Crippen LogP contribution >= 0.6 is 0 Å². The number of carbonyl (C=O) groups excluding carboxylic acids is 1. The van der Waals surface area contributed by atoms with Gasteiger partial charge in [0.2, 0.25) is 0 Å². The van der Waals surface area contributed by atoms with Gasteiger partial charge in [0.15, 0.2) is 0 Å².